The Hall–Kier alpha value is -0.610. The maximum atomic E-state index is 11.8. The molecule has 0 aliphatic heterocycles. The highest BCUT2D eigenvalue weighted by Crippen LogP contribution is 2.32. The highest BCUT2D eigenvalue weighted by molar-refractivity contribution is 5.76. The first kappa shape index (κ1) is 16.4. The molecule has 1 amide bonds. The van der Waals surface area contributed by atoms with Gasteiger partial charge in [-0.15, -0.1) is 0 Å². The number of hydrogen-bond donors (Lipinski definition) is 2. The summed E-state index contributed by atoms with van der Waals surface area (Å²) in [7, 11) is 0. The molecule has 2 N–H and O–H groups in total. The van der Waals surface area contributed by atoms with Crippen molar-refractivity contribution in [2.24, 2.45) is 11.8 Å². The average Bonchev–Trinajstić information content (AvgIpc) is 2.35. The molecule has 0 spiro atoms. The van der Waals surface area contributed by atoms with Gasteiger partial charge in [-0.3, -0.25) is 4.79 Å². The Labute approximate surface area is 116 Å². The van der Waals surface area contributed by atoms with E-state index in [0.717, 1.165) is 32.3 Å². The lowest BCUT2D eigenvalue weighted by Crippen LogP contribution is -2.39. The maximum Gasteiger partial charge on any atom is 0.220 e. The van der Waals surface area contributed by atoms with Crippen molar-refractivity contribution in [2.75, 3.05) is 13.2 Å². The fraction of sp³-hybridized carbons (Fsp3) is 0.933. The Morgan fingerprint density at radius 1 is 1.32 bits per heavy atom. The highest BCUT2D eigenvalue weighted by atomic mass is 16.5. The Bertz CT molecular complexity index is 260. The van der Waals surface area contributed by atoms with Crippen molar-refractivity contribution in [1.82, 2.24) is 5.32 Å². The van der Waals surface area contributed by atoms with E-state index in [2.05, 4.69) is 19.2 Å². The summed E-state index contributed by atoms with van der Waals surface area (Å²) in [4.78, 5) is 11.8. The van der Waals surface area contributed by atoms with E-state index in [0.29, 0.717) is 25.0 Å². The molecule has 1 rings (SSSR count). The molecule has 112 valence electrons. The van der Waals surface area contributed by atoms with Crippen molar-refractivity contribution in [2.45, 2.75) is 65.1 Å². The Morgan fingerprint density at radius 2 is 1.95 bits per heavy atom. The van der Waals surface area contributed by atoms with Gasteiger partial charge in [0.1, 0.15) is 0 Å². The molecule has 0 bridgehead atoms. The van der Waals surface area contributed by atoms with Crippen LogP contribution in [0.25, 0.3) is 0 Å². The predicted octanol–water partition coefficient (Wildman–Crippen LogP) is 2.10. The average molecular weight is 271 g/mol. The van der Waals surface area contributed by atoms with Crippen LogP contribution >= 0.6 is 0 Å². The Morgan fingerprint density at radius 3 is 2.47 bits per heavy atom. The van der Waals surface area contributed by atoms with Crippen LogP contribution in [0.5, 0.6) is 0 Å². The van der Waals surface area contributed by atoms with Gasteiger partial charge >= 0.3 is 0 Å². The molecule has 4 nitrogen and oxygen atoms in total. The molecule has 0 radical (unpaired) electrons. The molecule has 4 heteroatoms. The van der Waals surface area contributed by atoms with Crippen molar-refractivity contribution in [3.05, 3.63) is 0 Å². The van der Waals surface area contributed by atoms with Crippen LogP contribution in [0, 0.1) is 11.8 Å². The smallest absolute Gasteiger partial charge is 0.220 e. The Balaban J connectivity index is 2.12. The minimum Gasteiger partial charge on any atom is -0.391 e. The number of carbonyl (C=O) groups excluding carboxylic acids is 1. The number of ether oxygens (including phenoxy) is 1. The van der Waals surface area contributed by atoms with Crippen molar-refractivity contribution in [3.8, 4) is 0 Å². The van der Waals surface area contributed by atoms with Crippen molar-refractivity contribution in [1.29, 1.82) is 0 Å². The third kappa shape index (κ3) is 5.49. The van der Waals surface area contributed by atoms with Gasteiger partial charge in [0.05, 0.1) is 12.2 Å². The summed E-state index contributed by atoms with van der Waals surface area (Å²) >= 11 is 0. The second kappa shape index (κ2) is 8.54. The standard InChI is InChI=1S/C15H29NO3/c1-4-12(5-2)14(17)10-16-15(18)9-11-7-13(8-11)19-6-3/h11-14,17H,4-10H2,1-3H3,(H,16,18). The third-order valence-electron chi connectivity index (χ3n) is 4.17. The third-order valence-corrected chi connectivity index (χ3v) is 4.17. The number of rotatable bonds is 9. The van der Waals surface area contributed by atoms with E-state index >= 15 is 0 Å². The fourth-order valence-corrected chi connectivity index (χ4v) is 2.77. The first-order chi connectivity index (χ1) is 9.10. The quantitative estimate of drug-likeness (QED) is 0.675. The van der Waals surface area contributed by atoms with Crippen molar-refractivity contribution >= 4 is 5.91 Å². The van der Waals surface area contributed by atoms with Gasteiger partial charge in [-0.25, -0.2) is 0 Å². The molecule has 1 aliphatic rings. The summed E-state index contributed by atoms with van der Waals surface area (Å²) in [5.41, 5.74) is 0. The molecule has 0 aromatic carbocycles. The summed E-state index contributed by atoms with van der Waals surface area (Å²) in [6.45, 7) is 7.28. The molecular formula is C15H29NO3. The van der Waals surface area contributed by atoms with Gasteiger partial charge in [0.25, 0.3) is 0 Å². The molecule has 0 saturated heterocycles. The van der Waals surface area contributed by atoms with Gasteiger partial charge in [-0.2, -0.15) is 0 Å². The Kier molecular flexibility index (Phi) is 7.39. The molecule has 0 aromatic heterocycles. The van der Waals surface area contributed by atoms with Crippen molar-refractivity contribution in [3.63, 3.8) is 0 Å². The summed E-state index contributed by atoms with van der Waals surface area (Å²) in [6, 6.07) is 0. The van der Waals surface area contributed by atoms with Gasteiger partial charge in [-0.1, -0.05) is 26.7 Å². The lowest BCUT2D eigenvalue weighted by Gasteiger charge is -2.34. The van der Waals surface area contributed by atoms with Crippen LogP contribution in [0.1, 0.15) is 52.9 Å². The van der Waals surface area contributed by atoms with Crippen LogP contribution in [0.2, 0.25) is 0 Å². The molecule has 0 heterocycles. The summed E-state index contributed by atoms with van der Waals surface area (Å²) in [5.74, 6) is 0.804. The number of amides is 1. The highest BCUT2D eigenvalue weighted by Gasteiger charge is 2.31. The van der Waals surface area contributed by atoms with E-state index in [9.17, 15) is 9.90 Å². The summed E-state index contributed by atoms with van der Waals surface area (Å²) < 4.78 is 5.48. The second-order valence-electron chi connectivity index (χ2n) is 5.57. The SMILES string of the molecule is CCOC1CC(CC(=O)NCC(O)C(CC)CC)C1. The number of aliphatic hydroxyl groups is 1. The summed E-state index contributed by atoms with van der Waals surface area (Å²) in [5, 5.41) is 12.8. The van der Waals surface area contributed by atoms with Crippen LogP contribution in [-0.4, -0.2) is 36.4 Å². The monoisotopic (exact) mass is 271 g/mol. The molecule has 19 heavy (non-hydrogen) atoms. The van der Waals surface area contributed by atoms with Gasteiger partial charge in [-0.05, 0) is 31.6 Å². The number of nitrogens with one attached hydrogen (secondary N) is 1. The van der Waals surface area contributed by atoms with Gasteiger partial charge in [0.15, 0.2) is 0 Å². The van der Waals surface area contributed by atoms with Gasteiger partial charge in [0.2, 0.25) is 5.91 Å². The maximum absolute atomic E-state index is 11.8. The van der Waals surface area contributed by atoms with Gasteiger partial charge in [0, 0.05) is 19.6 Å². The summed E-state index contributed by atoms with van der Waals surface area (Å²) in [6.07, 6.45) is 4.40. The molecular weight excluding hydrogens is 242 g/mol. The normalized spacial score (nSPS) is 24.1. The van der Waals surface area contributed by atoms with E-state index < -0.39 is 6.10 Å². The molecule has 1 aliphatic carbocycles. The zero-order chi connectivity index (χ0) is 14.3. The zero-order valence-electron chi connectivity index (χ0n) is 12.5. The van der Waals surface area contributed by atoms with E-state index in [1.165, 1.54) is 0 Å². The number of aliphatic hydroxyl groups excluding tert-OH is 1. The molecule has 1 saturated carbocycles. The van der Waals surface area contributed by atoms with Crippen LogP contribution < -0.4 is 5.32 Å². The van der Waals surface area contributed by atoms with Crippen LogP contribution in [0.4, 0.5) is 0 Å². The zero-order valence-corrected chi connectivity index (χ0v) is 12.5. The lowest BCUT2D eigenvalue weighted by atomic mass is 9.80. The van der Waals surface area contributed by atoms with Crippen LogP contribution in [0.3, 0.4) is 0 Å². The van der Waals surface area contributed by atoms with Crippen molar-refractivity contribution < 1.29 is 14.6 Å². The molecule has 1 fully saturated rings. The van der Waals surface area contributed by atoms with E-state index in [4.69, 9.17) is 4.74 Å². The molecule has 1 atom stereocenters. The topological polar surface area (TPSA) is 58.6 Å². The van der Waals surface area contributed by atoms with Crippen LogP contribution in [-0.2, 0) is 9.53 Å². The van der Waals surface area contributed by atoms with E-state index in [1.807, 2.05) is 6.92 Å². The molecule has 1 unspecified atom stereocenters. The lowest BCUT2D eigenvalue weighted by molar-refractivity contribution is -0.125. The first-order valence-corrected chi connectivity index (χ1v) is 7.66. The fourth-order valence-electron chi connectivity index (χ4n) is 2.77. The largest absolute Gasteiger partial charge is 0.391 e. The molecule has 0 aromatic rings. The second-order valence-corrected chi connectivity index (χ2v) is 5.57. The van der Waals surface area contributed by atoms with Crippen LogP contribution in [0.15, 0.2) is 0 Å². The minimum atomic E-state index is -0.420. The number of hydrogen-bond acceptors (Lipinski definition) is 3. The minimum absolute atomic E-state index is 0.0601. The number of carbonyl (C=O) groups is 1. The van der Waals surface area contributed by atoms with Gasteiger partial charge < -0.3 is 15.2 Å². The van der Waals surface area contributed by atoms with E-state index in [-0.39, 0.29) is 11.8 Å². The van der Waals surface area contributed by atoms with E-state index in [1.54, 1.807) is 0 Å². The predicted molar refractivity (Wildman–Crippen MR) is 75.8 cm³/mol. The first-order valence-electron chi connectivity index (χ1n) is 7.66.